The molecule has 5 heteroatoms. The van der Waals surface area contributed by atoms with E-state index in [0.29, 0.717) is 40.3 Å². The average molecular weight is 334 g/mol. The van der Waals surface area contributed by atoms with Gasteiger partial charge < -0.3 is 14.6 Å². The normalized spacial score (nSPS) is 21.3. The molecule has 0 saturated carbocycles. The average Bonchev–Trinajstić information content (AvgIpc) is 3.06. The van der Waals surface area contributed by atoms with Crippen LogP contribution in [-0.4, -0.2) is 21.8 Å². The minimum Gasteiger partial charge on any atom is -0.507 e. The summed E-state index contributed by atoms with van der Waals surface area (Å²) < 4.78 is 5.48. The van der Waals surface area contributed by atoms with Gasteiger partial charge in [0, 0.05) is 33.7 Å². The summed E-state index contributed by atoms with van der Waals surface area (Å²) in [6.07, 6.45) is 2.32. The van der Waals surface area contributed by atoms with E-state index >= 15 is 0 Å². The van der Waals surface area contributed by atoms with Crippen molar-refractivity contribution in [1.82, 2.24) is 0 Å². The molecule has 0 fully saturated rings. The minimum absolute atomic E-state index is 0.00157. The lowest BCUT2D eigenvalue weighted by atomic mass is 9.62. The van der Waals surface area contributed by atoms with E-state index in [1.165, 1.54) is 18.4 Å². The molecule has 25 heavy (non-hydrogen) atoms. The highest BCUT2D eigenvalue weighted by Crippen LogP contribution is 2.51. The van der Waals surface area contributed by atoms with E-state index in [9.17, 15) is 19.8 Å². The first-order valence-corrected chi connectivity index (χ1v) is 8.11. The molecule has 5 nitrogen and oxygen atoms in total. The van der Waals surface area contributed by atoms with Gasteiger partial charge in [-0.2, -0.15) is 0 Å². The quantitative estimate of drug-likeness (QED) is 0.612. The number of benzene rings is 2. The number of phenols is 2. The van der Waals surface area contributed by atoms with Gasteiger partial charge in [0.05, 0.1) is 5.56 Å². The Bertz CT molecular complexity index is 1120. The number of ketones is 2. The van der Waals surface area contributed by atoms with E-state index in [1.54, 1.807) is 12.1 Å². The van der Waals surface area contributed by atoms with E-state index in [0.717, 1.165) is 5.56 Å². The van der Waals surface area contributed by atoms with Gasteiger partial charge in [-0.1, -0.05) is 6.92 Å². The molecule has 5 rings (SSSR count). The number of hydrogen-bond donors (Lipinski definition) is 2. The van der Waals surface area contributed by atoms with Crippen molar-refractivity contribution >= 4 is 22.3 Å². The molecule has 3 aromatic rings. The Morgan fingerprint density at radius 3 is 2.44 bits per heavy atom. The van der Waals surface area contributed by atoms with Crippen LogP contribution in [-0.2, 0) is 5.41 Å². The highest BCUT2D eigenvalue weighted by atomic mass is 16.3. The zero-order valence-electron chi connectivity index (χ0n) is 13.4. The van der Waals surface area contributed by atoms with Crippen LogP contribution in [0.5, 0.6) is 11.5 Å². The smallest absolute Gasteiger partial charge is 0.228 e. The van der Waals surface area contributed by atoms with Crippen molar-refractivity contribution in [1.29, 1.82) is 0 Å². The number of hydrogen-bond acceptors (Lipinski definition) is 5. The van der Waals surface area contributed by atoms with Crippen LogP contribution < -0.4 is 0 Å². The predicted molar refractivity (Wildman–Crippen MR) is 89.4 cm³/mol. The van der Waals surface area contributed by atoms with Crippen molar-refractivity contribution in [2.75, 3.05) is 0 Å². The third kappa shape index (κ3) is 1.58. The number of rotatable bonds is 0. The highest BCUT2D eigenvalue weighted by molar-refractivity contribution is 6.16. The van der Waals surface area contributed by atoms with Crippen molar-refractivity contribution in [3.05, 3.63) is 58.5 Å². The second-order valence-electron chi connectivity index (χ2n) is 6.99. The van der Waals surface area contributed by atoms with Crippen LogP contribution in [0.2, 0.25) is 0 Å². The number of carbonyl (C=O) groups is 2. The first kappa shape index (κ1) is 14.3. The van der Waals surface area contributed by atoms with Crippen LogP contribution in [0.4, 0.5) is 0 Å². The van der Waals surface area contributed by atoms with Crippen LogP contribution in [0, 0.1) is 0 Å². The monoisotopic (exact) mass is 334 g/mol. The lowest BCUT2D eigenvalue weighted by Crippen LogP contribution is -2.37. The molecule has 0 saturated heterocycles. The fourth-order valence-electron chi connectivity index (χ4n) is 4.30. The maximum atomic E-state index is 12.9. The van der Waals surface area contributed by atoms with Gasteiger partial charge in [0.2, 0.25) is 5.78 Å². The summed E-state index contributed by atoms with van der Waals surface area (Å²) in [6, 6.07) is 6.19. The molecule has 2 aliphatic rings. The van der Waals surface area contributed by atoms with Gasteiger partial charge in [-0.25, -0.2) is 0 Å². The van der Waals surface area contributed by atoms with Gasteiger partial charge in [-0.3, -0.25) is 9.59 Å². The van der Waals surface area contributed by atoms with E-state index < -0.39 is 5.41 Å². The van der Waals surface area contributed by atoms with E-state index in [1.807, 2.05) is 6.92 Å². The maximum absolute atomic E-state index is 12.9. The van der Waals surface area contributed by atoms with Crippen LogP contribution >= 0.6 is 0 Å². The second-order valence-corrected chi connectivity index (χ2v) is 6.99. The molecular weight excluding hydrogens is 320 g/mol. The zero-order chi connectivity index (χ0) is 17.5. The highest BCUT2D eigenvalue weighted by Gasteiger charge is 2.48. The predicted octanol–water partition coefficient (Wildman–Crippen LogP) is 3.67. The summed E-state index contributed by atoms with van der Waals surface area (Å²) in [4.78, 5) is 25.2. The largest absolute Gasteiger partial charge is 0.507 e. The summed E-state index contributed by atoms with van der Waals surface area (Å²) in [7, 11) is 0. The van der Waals surface area contributed by atoms with Crippen molar-refractivity contribution in [3.63, 3.8) is 0 Å². The number of aromatic hydroxyl groups is 2. The van der Waals surface area contributed by atoms with Gasteiger partial charge in [0.25, 0.3) is 0 Å². The molecule has 0 unspecified atom stereocenters. The summed E-state index contributed by atoms with van der Waals surface area (Å²) in [5, 5.41) is 21.2. The lowest BCUT2D eigenvalue weighted by Gasteiger charge is -2.38. The molecule has 0 amide bonds. The summed E-state index contributed by atoms with van der Waals surface area (Å²) in [6.45, 7) is 1.99. The first-order chi connectivity index (χ1) is 11.9. The number of Topliss-reactive ketones (excluding diaryl/α,β-unsaturated/α-hetero) is 1. The second kappa shape index (κ2) is 4.30. The van der Waals surface area contributed by atoms with Crippen LogP contribution in [0.3, 0.4) is 0 Å². The molecule has 2 aromatic carbocycles. The molecule has 2 aliphatic carbocycles. The molecule has 0 radical (unpaired) electrons. The number of carbonyl (C=O) groups excluding carboxylic acids is 2. The van der Waals surface area contributed by atoms with E-state index in [4.69, 9.17) is 4.42 Å². The standard InChI is InChI=1S/C20H14O5/c1-20-5-4-16(23)12-8-25-19(17(12)20)18(24)11-6-9-10(7-13(11)20)15(22)3-2-14(9)21/h2-3,6-8,21-22H,4-5H2,1H3/t20-/m0/s1. The molecule has 1 aromatic heterocycles. The van der Waals surface area contributed by atoms with Crippen LogP contribution in [0.1, 0.15) is 57.4 Å². The lowest BCUT2D eigenvalue weighted by molar-refractivity contribution is 0.0958. The Morgan fingerprint density at radius 1 is 1.04 bits per heavy atom. The molecule has 0 bridgehead atoms. The van der Waals surface area contributed by atoms with Gasteiger partial charge >= 0.3 is 0 Å². The third-order valence-electron chi connectivity index (χ3n) is 5.65. The summed E-state index contributed by atoms with van der Waals surface area (Å²) in [5.41, 5.74) is 1.79. The molecular formula is C20H14O5. The Labute approximate surface area is 142 Å². The summed E-state index contributed by atoms with van der Waals surface area (Å²) >= 11 is 0. The Morgan fingerprint density at radius 2 is 1.72 bits per heavy atom. The van der Waals surface area contributed by atoms with E-state index in [-0.39, 0.29) is 28.8 Å². The third-order valence-corrected chi connectivity index (χ3v) is 5.65. The van der Waals surface area contributed by atoms with Crippen molar-refractivity contribution in [2.45, 2.75) is 25.2 Å². The van der Waals surface area contributed by atoms with Crippen molar-refractivity contribution < 1.29 is 24.2 Å². The fourth-order valence-corrected chi connectivity index (χ4v) is 4.30. The van der Waals surface area contributed by atoms with Gasteiger partial charge in [-0.15, -0.1) is 0 Å². The number of phenolic OH excluding ortho intramolecular Hbond substituents is 2. The summed E-state index contributed by atoms with van der Waals surface area (Å²) in [5.74, 6) is -0.0693. The van der Waals surface area contributed by atoms with E-state index in [2.05, 4.69) is 0 Å². The van der Waals surface area contributed by atoms with Gasteiger partial charge in [-0.05, 0) is 36.2 Å². The minimum atomic E-state index is -0.541. The molecule has 1 heterocycles. The van der Waals surface area contributed by atoms with Crippen LogP contribution in [0.25, 0.3) is 10.8 Å². The fraction of sp³-hybridized carbons (Fsp3) is 0.200. The Hall–Kier alpha value is -3.08. The SMILES string of the molecule is C[C@@]12CCC(=O)c3coc(c31)C(=O)c1cc3c(O)ccc(O)c3cc12. The van der Waals surface area contributed by atoms with Crippen LogP contribution in [0.15, 0.2) is 34.9 Å². The Kier molecular flexibility index (Phi) is 2.46. The molecule has 0 aliphatic heterocycles. The molecule has 0 spiro atoms. The maximum Gasteiger partial charge on any atom is 0.228 e. The molecule has 2 N–H and O–H groups in total. The Balaban J connectivity index is 1.92. The zero-order valence-corrected chi connectivity index (χ0v) is 13.4. The topological polar surface area (TPSA) is 87.7 Å². The first-order valence-electron chi connectivity index (χ1n) is 8.11. The van der Waals surface area contributed by atoms with Crippen molar-refractivity contribution in [2.24, 2.45) is 0 Å². The molecule has 1 atom stereocenters. The van der Waals surface area contributed by atoms with Gasteiger partial charge in [0.1, 0.15) is 17.8 Å². The number of fused-ring (bicyclic) bond motifs is 3. The van der Waals surface area contributed by atoms with Crippen molar-refractivity contribution in [3.8, 4) is 11.5 Å². The molecule has 124 valence electrons. The number of furan rings is 1. The van der Waals surface area contributed by atoms with Gasteiger partial charge in [0.15, 0.2) is 11.5 Å².